The van der Waals surface area contributed by atoms with Gasteiger partial charge in [0.2, 0.25) is 0 Å². The second-order valence-corrected chi connectivity index (χ2v) is 6.80. The Kier molecular flexibility index (Phi) is 4.15. The second-order valence-electron chi connectivity index (χ2n) is 6.80. The number of aryl methyl sites for hydroxylation is 1. The molecule has 126 valence electrons. The summed E-state index contributed by atoms with van der Waals surface area (Å²) in [6.45, 7) is 4.53. The Bertz CT molecular complexity index is 724. The largest absolute Gasteiger partial charge is 0.506 e. The molecule has 1 aromatic carbocycles. The van der Waals surface area contributed by atoms with Crippen LogP contribution in [0, 0.1) is 6.92 Å². The van der Waals surface area contributed by atoms with Crippen molar-refractivity contribution in [2.45, 2.75) is 45.3 Å². The number of ether oxygens (including phenoxy) is 1. The van der Waals surface area contributed by atoms with Crippen LogP contribution in [0.5, 0.6) is 5.75 Å². The molecule has 1 unspecified atom stereocenters. The predicted octanol–water partition coefficient (Wildman–Crippen LogP) is 3.90. The Balaban J connectivity index is 1.70. The number of pyridine rings is 1. The first-order chi connectivity index (χ1) is 11.7. The number of benzene rings is 1. The summed E-state index contributed by atoms with van der Waals surface area (Å²) in [6, 6.07) is 10.3. The van der Waals surface area contributed by atoms with Gasteiger partial charge in [0.15, 0.2) is 0 Å². The van der Waals surface area contributed by atoms with Crippen LogP contribution in [0.15, 0.2) is 30.3 Å². The van der Waals surface area contributed by atoms with Gasteiger partial charge in [0.05, 0.1) is 18.4 Å². The van der Waals surface area contributed by atoms with Crippen molar-refractivity contribution in [3.05, 3.63) is 52.7 Å². The molecule has 0 saturated carbocycles. The maximum absolute atomic E-state index is 10.6. The zero-order valence-electron chi connectivity index (χ0n) is 14.2. The van der Waals surface area contributed by atoms with Gasteiger partial charge in [-0.05, 0) is 31.7 Å². The summed E-state index contributed by atoms with van der Waals surface area (Å²) < 4.78 is 6.07. The van der Waals surface area contributed by atoms with E-state index in [0.717, 1.165) is 36.5 Å². The van der Waals surface area contributed by atoms with Crippen molar-refractivity contribution in [3.8, 4) is 5.75 Å². The van der Waals surface area contributed by atoms with Gasteiger partial charge in [0, 0.05) is 30.6 Å². The van der Waals surface area contributed by atoms with E-state index in [9.17, 15) is 5.11 Å². The molecule has 1 fully saturated rings. The molecule has 1 N–H and O–H groups in total. The monoisotopic (exact) mass is 324 g/mol. The van der Waals surface area contributed by atoms with E-state index < -0.39 is 0 Å². The Morgan fingerprint density at radius 2 is 1.92 bits per heavy atom. The van der Waals surface area contributed by atoms with Crippen LogP contribution >= 0.6 is 0 Å². The molecule has 2 aliphatic rings. The van der Waals surface area contributed by atoms with Crippen LogP contribution in [0.4, 0.5) is 5.82 Å². The topological polar surface area (TPSA) is 45.6 Å². The minimum Gasteiger partial charge on any atom is -0.506 e. The fourth-order valence-corrected chi connectivity index (χ4v) is 3.85. The van der Waals surface area contributed by atoms with E-state index in [-0.39, 0.29) is 6.10 Å². The maximum atomic E-state index is 10.6. The highest BCUT2D eigenvalue weighted by Gasteiger charge is 2.33. The summed E-state index contributed by atoms with van der Waals surface area (Å²) in [7, 11) is 0. The average molecular weight is 324 g/mol. The van der Waals surface area contributed by atoms with E-state index in [1.165, 1.54) is 24.8 Å². The summed E-state index contributed by atoms with van der Waals surface area (Å²) in [6.07, 6.45) is 4.41. The molecule has 0 amide bonds. The minimum absolute atomic E-state index is 0.0901. The molecule has 2 aromatic rings. The fourth-order valence-electron chi connectivity index (χ4n) is 3.85. The highest BCUT2D eigenvalue weighted by atomic mass is 16.5. The Labute approximate surface area is 143 Å². The Morgan fingerprint density at radius 3 is 2.67 bits per heavy atom. The van der Waals surface area contributed by atoms with E-state index in [1.54, 1.807) is 0 Å². The molecule has 1 atom stereocenters. The Morgan fingerprint density at radius 1 is 1.17 bits per heavy atom. The lowest BCUT2D eigenvalue weighted by Crippen LogP contribution is -2.31. The third-order valence-corrected chi connectivity index (χ3v) is 5.14. The van der Waals surface area contributed by atoms with Crippen molar-refractivity contribution in [2.24, 2.45) is 0 Å². The number of aromatic nitrogens is 1. The lowest BCUT2D eigenvalue weighted by atomic mass is 9.97. The third kappa shape index (κ3) is 2.75. The smallest absolute Gasteiger partial charge is 0.143 e. The SMILES string of the molecule is Cc1nc(N2CCCCC2)c2c(c1O)C(Cc1ccccc1)OC2. The number of hydrogen-bond acceptors (Lipinski definition) is 4. The molecule has 2 aliphatic heterocycles. The molecule has 0 spiro atoms. The van der Waals surface area contributed by atoms with Gasteiger partial charge in [-0.3, -0.25) is 0 Å². The molecule has 1 aromatic heterocycles. The molecule has 4 heteroatoms. The molecule has 0 radical (unpaired) electrons. The van der Waals surface area contributed by atoms with Gasteiger partial charge in [-0.1, -0.05) is 30.3 Å². The van der Waals surface area contributed by atoms with Gasteiger partial charge in [0.25, 0.3) is 0 Å². The first-order valence-corrected chi connectivity index (χ1v) is 8.87. The van der Waals surface area contributed by atoms with Crippen molar-refractivity contribution in [1.82, 2.24) is 4.98 Å². The summed E-state index contributed by atoms with van der Waals surface area (Å²) in [4.78, 5) is 7.07. The number of aromatic hydroxyl groups is 1. The van der Waals surface area contributed by atoms with Gasteiger partial charge >= 0.3 is 0 Å². The van der Waals surface area contributed by atoms with Crippen LogP contribution in [0.2, 0.25) is 0 Å². The standard InChI is InChI=1S/C20H24N2O2/c1-14-19(23)18-16(20(21-14)22-10-6-3-7-11-22)13-24-17(18)12-15-8-4-2-5-9-15/h2,4-5,8-9,17,23H,3,6-7,10-13H2,1H3. The number of fused-ring (bicyclic) bond motifs is 1. The summed E-state index contributed by atoms with van der Waals surface area (Å²) in [5.74, 6) is 1.33. The minimum atomic E-state index is -0.0901. The predicted molar refractivity (Wildman–Crippen MR) is 94.4 cm³/mol. The van der Waals surface area contributed by atoms with Crippen molar-refractivity contribution in [3.63, 3.8) is 0 Å². The van der Waals surface area contributed by atoms with Gasteiger partial charge in [-0.2, -0.15) is 0 Å². The van der Waals surface area contributed by atoms with Crippen LogP contribution in [-0.2, 0) is 17.8 Å². The van der Waals surface area contributed by atoms with Crippen LogP contribution in [-0.4, -0.2) is 23.2 Å². The van der Waals surface area contributed by atoms with Crippen LogP contribution < -0.4 is 4.90 Å². The summed E-state index contributed by atoms with van der Waals surface area (Å²) in [5.41, 5.74) is 3.97. The van der Waals surface area contributed by atoms with Gasteiger partial charge in [0.1, 0.15) is 11.6 Å². The van der Waals surface area contributed by atoms with Gasteiger partial charge in [-0.25, -0.2) is 4.98 Å². The second kappa shape index (κ2) is 6.44. The van der Waals surface area contributed by atoms with E-state index in [0.29, 0.717) is 18.1 Å². The molecule has 4 nitrogen and oxygen atoms in total. The Hall–Kier alpha value is -2.07. The average Bonchev–Trinajstić information content (AvgIpc) is 3.04. The molecule has 0 aliphatic carbocycles. The van der Waals surface area contributed by atoms with Crippen LogP contribution in [0.3, 0.4) is 0 Å². The zero-order valence-corrected chi connectivity index (χ0v) is 14.2. The third-order valence-electron chi connectivity index (χ3n) is 5.14. The van der Waals surface area contributed by atoms with Crippen molar-refractivity contribution in [2.75, 3.05) is 18.0 Å². The van der Waals surface area contributed by atoms with Crippen molar-refractivity contribution in [1.29, 1.82) is 0 Å². The van der Waals surface area contributed by atoms with E-state index >= 15 is 0 Å². The summed E-state index contributed by atoms with van der Waals surface area (Å²) >= 11 is 0. The van der Waals surface area contributed by atoms with Crippen molar-refractivity contribution >= 4 is 5.82 Å². The lowest BCUT2D eigenvalue weighted by Gasteiger charge is -2.29. The van der Waals surface area contributed by atoms with E-state index in [4.69, 9.17) is 9.72 Å². The molecule has 4 rings (SSSR count). The molecular formula is C20H24N2O2. The molecule has 24 heavy (non-hydrogen) atoms. The lowest BCUT2D eigenvalue weighted by molar-refractivity contribution is 0.0655. The highest BCUT2D eigenvalue weighted by Crippen LogP contribution is 2.44. The fraction of sp³-hybridized carbons (Fsp3) is 0.450. The molecule has 3 heterocycles. The van der Waals surface area contributed by atoms with E-state index in [2.05, 4.69) is 17.0 Å². The summed E-state index contributed by atoms with van der Waals surface area (Å²) in [5, 5.41) is 10.6. The normalized spacial score (nSPS) is 20.2. The molecular weight excluding hydrogens is 300 g/mol. The van der Waals surface area contributed by atoms with Crippen LogP contribution in [0.25, 0.3) is 0 Å². The van der Waals surface area contributed by atoms with Crippen molar-refractivity contribution < 1.29 is 9.84 Å². The number of anilines is 1. The molecule has 0 bridgehead atoms. The first kappa shape index (κ1) is 15.5. The van der Waals surface area contributed by atoms with E-state index in [1.807, 2.05) is 25.1 Å². The first-order valence-electron chi connectivity index (χ1n) is 8.87. The number of piperidine rings is 1. The van der Waals surface area contributed by atoms with Gasteiger partial charge < -0.3 is 14.7 Å². The zero-order chi connectivity index (χ0) is 16.5. The van der Waals surface area contributed by atoms with Crippen LogP contribution in [0.1, 0.15) is 47.8 Å². The maximum Gasteiger partial charge on any atom is 0.143 e. The highest BCUT2D eigenvalue weighted by molar-refractivity contribution is 5.59. The number of hydrogen-bond donors (Lipinski definition) is 1. The number of rotatable bonds is 3. The van der Waals surface area contributed by atoms with Gasteiger partial charge in [-0.15, -0.1) is 0 Å². The molecule has 1 saturated heterocycles. The number of nitrogens with zero attached hydrogens (tertiary/aromatic N) is 2. The quantitative estimate of drug-likeness (QED) is 0.930.